The lowest BCUT2D eigenvalue weighted by Gasteiger charge is -2.38. The van der Waals surface area contributed by atoms with Crippen LogP contribution < -0.4 is 0 Å². The van der Waals surface area contributed by atoms with Gasteiger partial charge in [-0.25, -0.2) is 0 Å². The molecule has 0 N–H and O–H groups in total. The van der Waals surface area contributed by atoms with Crippen LogP contribution in [0, 0.1) is 29.6 Å². The Labute approximate surface area is 120 Å². The molecule has 1 nitrogen and oxygen atoms in total. The van der Waals surface area contributed by atoms with Crippen molar-refractivity contribution >= 4 is 0 Å². The third-order valence-corrected chi connectivity index (χ3v) is 5.90. The minimum absolute atomic E-state index is 0.534. The molecule has 2 rings (SSSR count). The van der Waals surface area contributed by atoms with Crippen LogP contribution in [0.3, 0.4) is 0 Å². The molecular formula is C18H34O. The highest BCUT2D eigenvalue weighted by Gasteiger charge is 2.32. The molecule has 0 bridgehead atoms. The standard InChI is InChI=1S/C18H34O/c1-12-6-7-17(9-13(2)8-12)19-18-10-14(3)16(5)15(4)11-18/h12-18H,6-11H2,1-5H3. The van der Waals surface area contributed by atoms with Crippen LogP contribution in [0.5, 0.6) is 0 Å². The fourth-order valence-electron chi connectivity index (χ4n) is 4.36. The molecule has 0 aliphatic heterocycles. The van der Waals surface area contributed by atoms with Gasteiger partial charge in [-0.1, -0.05) is 34.6 Å². The molecule has 0 radical (unpaired) electrons. The lowest BCUT2D eigenvalue weighted by atomic mass is 9.73. The van der Waals surface area contributed by atoms with Gasteiger partial charge in [-0.15, -0.1) is 0 Å². The van der Waals surface area contributed by atoms with Crippen molar-refractivity contribution in [3.8, 4) is 0 Å². The van der Waals surface area contributed by atoms with Gasteiger partial charge >= 0.3 is 0 Å². The van der Waals surface area contributed by atoms with E-state index in [-0.39, 0.29) is 0 Å². The van der Waals surface area contributed by atoms with E-state index in [4.69, 9.17) is 4.74 Å². The molecule has 2 saturated carbocycles. The summed E-state index contributed by atoms with van der Waals surface area (Å²) in [6, 6.07) is 0. The van der Waals surface area contributed by atoms with Gasteiger partial charge in [0.05, 0.1) is 12.2 Å². The highest BCUT2D eigenvalue weighted by atomic mass is 16.5. The van der Waals surface area contributed by atoms with Gasteiger partial charge in [-0.3, -0.25) is 0 Å². The smallest absolute Gasteiger partial charge is 0.0584 e. The Morgan fingerprint density at radius 2 is 1.26 bits per heavy atom. The first kappa shape index (κ1) is 15.4. The summed E-state index contributed by atoms with van der Waals surface area (Å²) in [7, 11) is 0. The third kappa shape index (κ3) is 4.21. The highest BCUT2D eigenvalue weighted by Crippen LogP contribution is 2.37. The summed E-state index contributed by atoms with van der Waals surface area (Å²) < 4.78 is 6.52. The van der Waals surface area contributed by atoms with Crippen molar-refractivity contribution in [2.75, 3.05) is 0 Å². The molecule has 2 fully saturated rings. The Balaban J connectivity index is 1.86. The van der Waals surface area contributed by atoms with E-state index in [0.717, 1.165) is 29.6 Å². The van der Waals surface area contributed by atoms with Crippen LogP contribution in [0.25, 0.3) is 0 Å². The average Bonchev–Trinajstić information content (AvgIpc) is 2.47. The quantitative estimate of drug-likeness (QED) is 0.617. The van der Waals surface area contributed by atoms with Gasteiger partial charge in [0.15, 0.2) is 0 Å². The van der Waals surface area contributed by atoms with Gasteiger partial charge in [-0.2, -0.15) is 0 Å². The summed E-state index contributed by atoms with van der Waals surface area (Å²) in [6.45, 7) is 12.1. The lowest BCUT2D eigenvalue weighted by Crippen LogP contribution is -2.35. The molecule has 0 amide bonds. The van der Waals surface area contributed by atoms with E-state index in [1.165, 1.54) is 38.5 Å². The van der Waals surface area contributed by atoms with Crippen molar-refractivity contribution in [1.82, 2.24) is 0 Å². The molecule has 0 aromatic rings. The third-order valence-electron chi connectivity index (χ3n) is 5.90. The van der Waals surface area contributed by atoms with E-state index in [1.807, 2.05) is 0 Å². The minimum Gasteiger partial charge on any atom is -0.375 e. The normalized spacial score (nSPS) is 48.8. The van der Waals surface area contributed by atoms with E-state index in [9.17, 15) is 0 Å². The summed E-state index contributed by atoms with van der Waals surface area (Å²) in [5, 5.41) is 0. The van der Waals surface area contributed by atoms with Crippen molar-refractivity contribution in [2.45, 2.75) is 85.4 Å². The summed E-state index contributed by atoms with van der Waals surface area (Å²) in [5.41, 5.74) is 0. The Morgan fingerprint density at radius 3 is 1.89 bits per heavy atom. The Hall–Kier alpha value is -0.0400. The Bertz CT molecular complexity index is 260. The topological polar surface area (TPSA) is 9.23 Å². The number of hydrogen-bond acceptors (Lipinski definition) is 1. The van der Waals surface area contributed by atoms with E-state index in [2.05, 4.69) is 34.6 Å². The summed E-state index contributed by atoms with van der Waals surface area (Å²) in [4.78, 5) is 0. The van der Waals surface area contributed by atoms with Crippen molar-refractivity contribution < 1.29 is 4.74 Å². The average molecular weight is 266 g/mol. The molecule has 0 heterocycles. The number of rotatable bonds is 2. The highest BCUT2D eigenvalue weighted by molar-refractivity contribution is 4.82. The lowest BCUT2D eigenvalue weighted by molar-refractivity contribution is -0.0688. The van der Waals surface area contributed by atoms with Gasteiger partial charge in [0.2, 0.25) is 0 Å². The van der Waals surface area contributed by atoms with E-state index < -0.39 is 0 Å². The molecule has 112 valence electrons. The van der Waals surface area contributed by atoms with Gasteiger partial charge in [0.25, 0.3) is 0 Å². The zero-order valence-corrected chi connectivity index (χ0v) is 13.7. The van der Waals surface area contributed by atoms with Crippen molar-refractivity contribution in [1.29, 1.82) is 0 Å². The maximum Gasteiger partial charge on any atom is 0.0584 e. The molecule has 2 aliphatic rings. The monoisotopic (exact) mass is 266 g/mol. The number of ether oxygens (including phenoxy) is 1. The fraction of sp³-hybridized carbons (Fsp3) is 1.00. The second-order valence-electron chi connectivity index (χ2n) is 7.92. The first-order valence-corrected chi connectivity index (χ1v) is 8.61. The van der Waals surface area contributed by atoms with Crippen LogP contribution in [0.15, 0.2) is 0 Å². The largest absolute Gasteiger partial charge is 0.375 e. The van der Waals surface area contributed by atoms with Crippen LogP contribution in [0.2, 0.25) is 0 Å². The molecule has 0 saturated heterocycles. The van der Waals surface area contributed by atoms with Crippen LogP contribution in [-0.4, -0.2) is 12.2 Å². The van der Waals surface area contributed by atoms with E-state index in [0.29, 0.717) is 12.2 Å². The summed E-state index contributed by atoms with van der Waals surface area (Å²) in [5.74, 6) is 4.27. The van der Waals surface area contributed by atoms with Gasteiger partial charge in [0, 0.05) is 0 Å². The fourth-order valence-corrected chi connectivity index (χ4v) is 4.36. The first-order valence-electron chi connectivity index (χ1n) is 8.61. The molecular weight excluding hydrogens is 232 g/mol. The van der Waals surface area contributed by atoms with Gasteiger partial charge in [0.1, 0.15) is 0 Å². The molecule has 0 aromatic carbocycles. The minimum atomic E-state index is 0.534. The van der Waals surface area contributed by atoms with Crippen molar-refractivity contribution in [2.24, 2.45) is 29.6 Å². The summed E-state index contributed by atoms with van der Waals surface area (Å²) >= 11 is 0. The maximum absolute atomic E-state index is 6.52. The Morgan fingerprint density at radius 1 is 0.632 bits per heavy atom. The molecule has 5 atom stereocenters. The summed E-state index contributed by atoms with van der Waals surface area (Å²) in [6.07, 6.45) is 8.99. The van der Waals surface area contributed by atoms with Crippen LogP contribution >= 0.6 is 0 Å². The second-order valence-corrected chi connectivity index (χ2v) is 7.92. The zero-order chi connectivity index (χ0) is 14.0. The molecule has 19 heavy (non-hydrogen) atoms. The predicted molar refractivity (Wildman–Crippen MR) is 82.2 cm³/mol. The van der Waals surface area contributed by atoms with E-state index >= 15 is 0 Å². The second kappa shape index (κ2) is 6.61. The van der Waals surface area contributed by atoms with E-state index in [1.54, 1.807) is 0 Å². The van der Waals surface area contributed by atoms with Crippen LogP contribution in [0.4, 0.5) is 0 Å². The van der Waals surface area contributed by atoms with Crippen LogP contribution in [-0.2, 0) is 4.74 Å². The zero-order valence-electron chi connectivity index (χ0n) is 13.7. The molecule has 2 aliphatic carbocycles. The first-order chi connectivity index (χ1) is 8.95. The predicted octanol–water partition coefficient (Wildman–Crippen LogP) is 5.29. The molecule has 5 unspecified atom stereocenters. The molecule has 0 aromatic heterocycles. The maximum atomic E-state index is 6.52. The van der Waals surface area contributed by atoms with Gasteiger partial charge < -0.3 is 4.74 Å². The SMILES string of the molecule is CC1CCC(OC2CC(C)C(C)C(C)C2)CC(C)C1. The molecule has 0 spiro atoms. The van der Waals surface area contributed by atoms with Crippen molar-refractivity contribution in [3.05, 3.63) is 0 Å². The van der Waals surface area contributed by atoms with Crippen molar-refractivity contribution in [3.63, 3.8) is 0 Å². The van der Waals surface area contributed by atoms with Crippen LogP contribution in [0.1, 0.15) is 73.1 Å². The van der Waals surface area contributed by atoms with Gasteiger partial charge in [-0.05, 0) is 68.1 Å². The number of hydrogen-bond donors (Lipinski definition) is 0. The molecule has 1 heteroatoms. The Kier molecular flexibility index (Phi) is 5.34.